The Balaban J connectivity index is 4.67. The van der Waals surface area contributed by atoms with E-state index in [4.69, 9.17) is 10.8 Å². The molecule has 7 nitrogen and oxygen atoms in total. The number of nitrogens with one attached hydrogen (secondary N) is 1. The molecule has 0 aliphatic rings. The number of carbonyl (C=O) groups is 4. The zero-order valence-electron chi connectivity index (χ0n) is 14.8. The number of thioether (sulfide) groups is 1. The quantitative estimate of drug-likeness (QED) is 0.501. The summed E-state index contributed by atoms with van der Waals surface area (Å²) >= 11 is 1.54. The number of carbonyl (C=O) groups excluding carboxylic acids is 3. The van der Waals surface area contributed by atoms with Crippen LogP contribution in [0.2, 0.25) is 0 Å². The van der Waals surface area contributed by atoms with E-state index >= 15 is 0 Å². The second kappa shape index (κ2) is 10.5. The highest BCUT2D eigenvalue weighted by molar-refractivity contribution is 8.00. The van der Waals surface area contributed by atoms with E-state index in [1.807, 2.05) is 20.8 Å². The summed E-state index contributed by atoms with van der Waals surface area (Å²) in [6, 6.07) is -0.669. The third-order valence-electron chi connectivity index (χ3n) is 3.23. The molecule has 0 aromatic rings. The summed E-state index contributed by atoms with van der Waals surface area (Å²) in [5.41, 5.74) is 5.60. The maximum atomic E-state index is 12.1. The van der Waals surface area contributed by atoms with Gasteiger partial charge in [0.2, 0.25) is 5.91 Å². The highest BCUT2D eigenvalue weighted by atomic mass is 32.2. The van der Waals surface area contributed by atoms with Crippen LogP contribution in [-0.2, 0) is 19.2 Å². The predicted octanol–water partition coefficient (Wildman–Crippen LogP) is 0.991. The molecule has 4 N–H and O–H groups in total. The van der Waals surface area contributed by atoms with Crippen LogP contribution in [0.1, 0.15) is 47.0 Å². The summed E-state index contributed by atoms with van der Waals surface area (Å²) in [7, 11) is 0. The van der Waals surface area contributed by atoms with Gasteiger partial charge < -0.3 is 16.2 Å². The molecule has 8 heteroatoms. The molecule has 0 bridgehead atoms. The van der Waals surface area contributed by atoms with Crippen molar-refractivity contribution in [3.05, 3.63) is 0 Å². The fourth-order valence-electron chi connectivity index (χ4n) is 1.78. The number of aliphatic carboxylic acids is 1. The van der Waals surface area contributed by atoms with Crippen molar-refractivity contribution in [3.8, 4) is 0 Å². The average molecular weight is 360 g/mol. The van der Waals surface area contributed by atoms with Gasteiger partial charge in [-0.3, -0.25) is 19.2 Å². The van der Waals surface area contributed by atoms with Gasteiger partial charge in [0, 0.05) is 23.3 Å². The first-order valence-corrected chi connectivity index (χ1v) is 8.82. The van der Waals surface area contributed by atoms with E-state index in [1.165, 1.54) is 18.7 Å². The van der Waals surface area contributed by atoms with Crippen molar-refractivity contribution in [1.82, 2.24) is 5.32 Å². The highest BCUT2D eigenvalue weighted by Crippen LogP contribution is 2.27. The highest BCUT2D eigenvalue weighted by Gasteiger charge is 2.25. The summed E-state index contributed by atoms with van der Waals surface area (Å²) in [4.78, 5) is 45.9. The summed E-state index contributed by atoms with van der Waals surface area (Å²) in [6.45, 7) is 6.89. The number of carboxylic acid groups (broad SMARTS) is 1. The molecule has 0 aromatic carbocycles. The van der Waals surface area contributed by atoms with Crippen molar-refractivity contribution in [1.29, 1.82) is 0 Å². The number of hydrogen-bond donors (Lipinski definition) is 3. The van der Waals surface area contributed by atoms with E-state index in [1.54, 1.807) is 0 Å². The smallest absolute Gasteiger partial charge is 0.322 e. The summed E-state index contributed by atoms with van der Waals surface area (Å²) in [6.07, 6.45) is 0.396. The third-order valence-corrected chi connectivity index (χ3v) is 4.67. The fourth-order valence-corrected chi connectivity index (χ4v) is 2.75. The molecule has 0 radical (unpaired) electrons. The third kappa shape index (κ3) is 11.2. The van der Waals surface area contributed by atoms with Crippen molar-refractivity contribution in [2.75, 3.05) is 12.3 Å². The van der Waals surface area contributed by atoms with Gasteiger partial charge in [-0.05, 0) is 13.3 Å². The molecular weight excluding hydrogens is 332 g/mol. The summed E-state index contributed by atoms with van der Waals surface area (Å²) < 4.78 is -0.0780. The standard InChI is InChI=1S/C16H28N2O5S/c1-10(19)13(17)6-5-12(20)7-11(9-24-16(2,3)4)15(23)18-8-14(21)22/h11,13H,5-9,17H2,1-4H3,(H,18,23)(H,21,22)/t11-,13-/m0/s1. The van der Waals surface area contributed by atoms with Gasteiger partial charge in [0.05, 0.1) is 12.0 Å². The van der Waals surface area contributed by atoms with E-state index in [0.717, 1.165) is 0 Å². The molecule has 0 aromatic heterocycles. The van der Waals surface area contributed by atoms with Gasteiger partial charge in [-0.1, -0.05) is 20.8 Å². The Morgan fingerprint density at radius 1 is 1.21 bits per heavy atom. The minimum atomic E-state index is -1.13. The zero-order valence-corrected chi connectivity index (χ0v) is 15.6. The first-order chi connectivity index (χ1) is 10.9. The lowest BCUT2D eigenvalue weighted by Crippen LogP contribution is -2.37. The Hall–Kier alpha value is -1.41. The number of rotatable bonds is 11. The predicted molar refractivity (Wildman–Crippen MR) is 93.9 cm³/mol. The van der Waals surface area contributed by atoms with Crippen molar-refractivity contribution >= 4 is 35.2 Å². The van der Waals surface area contributed by atoms with Crippen molar-refractivity contribution < 1.29 is 24.3 Å². The van der Waals surface area contributed by atoms with Crippen LogP contribution in [0.4, 0.5) is 0 Å². The lowest BCUT2D eigenvalue weighted by Gasteiger charge is -2.22. The number of nitrogens with two attached hydrogens (primary N) is 1. The normalized spacial score (nSPS) is 13.9. The second-order valence-corrected chi connectivity index (χ2v) is 8.58. The minimum absolute atomic E-state index is 0.0131. The molecule has 0 aliphatic carbocycles. The number of hydrogen-bond acceptors (Lipinski definition) is 6. The SMILES string of the molecule is CC(=O)[C@@H](N)CCC(=O)C[C@@H](CSC(C)(C)C)C(=O)NCC(=O)O. The van der Waals surface area contributed by atoms with E-state index in [0.29, 0.717) is 5.75 Å². The van der Waals surface area contributed by atoms with Crippen molar-refractivity contribution in [2.24, 2.45) is 11.7 Å². The molecule has 1 amide bonds. The number of carboxylic acids is 1. The van der Waals surface area contributed by atoms with Crippen LogP contribution in [0.5, 0.6) is 0 Å². The molecule has 0 spiro atoms. The Morgan fingerprint density at radius 3 is 2.25 bits per heavy atom. The lowest BCUT2D eigenvalue weighted by molar-refractivity contribution is -0.138. The number of ketones is 2. The van der Waals surface area contributed by atoms with Gasteiger partial charge in [0.1, 0.15) is 18.1 Å². The fraction of sp³-hybridized carbons (Fsp3) is 0.750. The maximum Gasteiger partial charge on any atom is 0.322 e. The summed E-state index contributed by atoms with van der Waals surface area (Å²) in [5.74, 6) is -2.10. The second-order valence-electron chi connectivity index (χ2n) is 6.73. The largest absolute Gasteiger partial charge is 0.480 e. The Morgan fingerprint density at radius 2 is 1.79 bits per heavy atom. The molecule has 0 fully saturated rings. The van der Waals surface area contributed by atoms with Gasteiger partial charge in [-0.25, -0.2) is 0 Å². The molecule has 24 heavy (non-hydrogen) atoms. The molecule has 0 heterocycles. The molecule has 0 aliphatic heterocycles. The average Bonchev–Trinajstić information content (AvgIpc) is 2.45. The van der Waals surface area contributed by atoms with Crippen LogP contribution in [0.25, 0.3) is 0 Å². The molecule has 0 unspecified atom stereocenters. The maximum absolute atomic E-state index is 12.1. The van der Waals surface area contributed by atoms with Crippen LogP contribution < -0.4 is 11.1 Å². The van der Waals surface area contributed by atoms with Gasteiger partial charge in [0.15, 0.2) is 0 Å². The van der Waals surface area contributed by atoms with Crippen molar-refractivity contribution in [2.45, 2.75) is 57.7 Å². The van der Waals surface area contributed by atoms with E-state index in [9.17, 15) is 19.2 Å². The first-order valence-electron chi connectivity index (χ1n) is 7.83. The molecular formula is C16H28N2O5S. The molecule has 138 valence electrons. The first kappa shape index (κ1) is 22.6. The Bertz CT molecular complexity index is 474. The van der Waals surface area contributed by atoms with E-state index in [-0.39, 0.29) is 35.6 Å². The number of amides is 1. The topological polar surface area (TPSA) is 127 Å². The monoisotopic (exact) mass is 360 g/mol. The van der Waals surface area contributed by atoms with Gasteiger partial charge >= 0.3 is 5.97 Å². The zero-order chi connectivity index (χ0) is 18.9. The van der Waals surface area contributed by atoms with Gasteiger partial charge in [-0.2, -0.15) is 11.8 Å². The van der Waals surface area contributed by atoms with Gasteiger partial charge in [0.25, 0.3) is 0 Å². The number of Topliss-reactive ketones (excluding diaryl/α,β-unsaturated/α-hetero) is 2. The lowest BCUT2D eigenvalue weighted by atomic mass is 9.98. The Labute approximate surface area is 147 Å². The van der Waals surface area contributed by atoms with Crippen LogP contribution in [0.3, 0.4) is 0 Å². The van der Waals surface area contributed by atoms with Crippen LogP contribution in [0.15, 0.2) is 0 Å². The van der Waals surface area contributed by atoms with Gasteiger partial charge in [-0.15, -0.1) is 0 Å². The molecule has 2 atom stereocenters. The summed E-state index contributed by atoms with van der Waals surface area (Å²) in [5, 5.41) is 11.0. The molecule has 0 saturated heterocycles. The van der Waals surface area contributed by atoms with E-state index in [2.05, 4.69) is 5.32 Å². The molecule has 0 saturated carbocycles. The van der Waals surface area contributed by atoms with Crippen molar-refractivity contribution in [3.63, 3.8) is 0 Å². The van der Waals surface area contributed by atoms with E-state index < -0.39 is 30.4 Å². The Kier molecular flexibility index (Phi) is 9.84. The molecule has 0 rings (SSSR count). The van der Waals surface area contributed by atoms with Crippen LogP contribution in [-0.4, -0.2) is 51.6 Å². The van der Waals surface area contributed by atoms with Crippen LogP contribution >= 0.6 is 11.8 Å². The minimum Gasteiger partial charge on any atom is -0.480 e. The van der Waals surface area contributed by atoms with Crippen LogP contribution in [0, 0.1) is 5.92 Å².